The Balaban J connectivity index is 2.04. The average Bonchev–Trinajstić information content (AvgIpc) is 2.81. The summed E-state index contributed by atoms with van der Waals surface area (Å²) in [6.45, 7) is 8.08. The lowest BCUT2D eigenvalue weighted by Gasteiger charge is -2.08. The quantitative estimate of drug-likeness (QED) is 0.866. The van der Waals surface area contributed by atoms with E-state index in [0.29, 0.717) is 0 Å². The van der Waals surface area contributed by atoms with Gasteiger partial charge < -0.3 is 5.32 Å². The minimum atomic E-state index is 0.871. The molecule has 0 unspecified atom stereocenters. The van der Waals surface area contributed by atoms with Crippen molar-refractivity contribution >= 4 is 5.95 Å². The van der Waals surface area contributed by atoms with Crippen LogP contribution in [0.1, 0.15) is 30.8 Å². The average molecular weight is 258 g/mol. The number of rotatable bonds is 6. The van der Waals surface area contributed by atoms with Crippen LogP contribution in [0.3, 0.4) is 0 Å². The van der Waals surface area contributed by atoms with Crippen LogP contribution in [0.5, 0.6) is 0 Å². The van der Waals surface area contributed by atoms with Gasteiger partial charge in [-0.2, -0.15) is 0 Å². The van der Waals surface area contributed by atoms with E-state index in [1.54, 1.807) is 0 Å². The predicted octanol–water partition coefficient (Wildman–Crippen LogP) is 2.82. The molecule has 0 fully saturated rings. The second-order valence-electron chi connectivity index (χ2n) is 4.70. The van der Waals surface area contributed by atoms with Gasteiger partial charge in [0, 0.05) is 19.5 Å². The van der Waals surface area contributed by atoms with Crippen LogP contribution < -0.4 is 5.32 Å². The van der Waals surface area contributed by atoms with Crippen LogP contribution in [-0.2, 0) is 19.4 Å². The normalized spacial score (nSPS) is 10.7. The maximum atomic E-state index is 4.29. The molecule has 19 heavy (non-hydrogen) atoms. The molecule has 0 saturated heterocycles. The first-order valence-electron chi connectivity index (χ1n) is 6.96. The Hall–Kier alpha value is -1.84. The summed E-state index contributed by atoms with van der Waals surface area (Å²) in [6, 6.07) is 8.69. The van der Waals surface area contributed by atoms with Crippen molar-refractivity contribution < 1.29 is 0 Å². The van der Waals surface area contributed by atoms with Gasteiger partial charge in [-0.05, 0) is 32.8 Å². The van der Waals surface area contributed by atoms with Crippen LogP contribution in [0.2, 0.25) is 0 Å². The zero-order chi connectivity index (χ0) is 13.7. The first kappa shape index (κ1) is 13.6. The molecule has 0 bridgehead atoms. The van der Waals surface area contributed by atoms with E-state index in [2.05, 4.69) is 65.1 Å². The number of benzene rings is 1. The van der Waals surface area contributed by atoms with Crippen LogP contribution in [0.15, 0.2) is 24.3 Å². The topological polar surface area (TPSA) is 42.7 Å². The highest BCUT2D eigenvalue weighted by Crippen LogP contribution is 2.11. The molecule has 0 radical (unpaired) electrons. The number of aryl methyl sites for hydroxylation is 3. The zero-order valence-corrected chi connectivity index (χ0v) is 12.0. The van der Waals surface area contributed by atoms with Crippen molar-refractivity contribution in [2.45, 2.75) is 40.2 Å². The molecule has 2 rings (SSSR count). The fourth-order valence-electron chi connectivity index (χ4n) is 2.15. The van der Waals surface area contributed by atoms with Gasteiger partial charge in [0.1, 0.15) is 5.82 Å². The van der Waals surface area contributed by atoms with Gasteiger partial charge in [-0.25, -0.2) is 0 Å². The van der Waals surface area contributed by atoms with Crippen molar-refractivity contribution in [3.05, 3.63) is 41.2 Å². The Morgan fingerprint density at radius 2 is 1.79 bits per heavy atom. The van der Waals surface area contributed by atoms with Gasteiger partial charge in [0.05, 0.1) is 0 Å². The van der Waals surface area contributed by atoms with E-state index in [0.717, 1.165) is 37.7 Å². The largest absolute Gasteiger partial charge is 0.355 e. The van der Waals surface area contributed by atoms with Crippen LogP contribution in [0.25, 0.3) is 0 Å². The highest BCUT2D eigenvalue weighted by molar-refractivity contribution is 5.26. The molecule has 4 nitrogen and oxygen atoms in total. The first-order valence-corrected chi connectivity index (χ1v) is 6.96. The molecular formula is C15H22N4. The van der Waals surface area contributed by atoms with Crippen molar-refractivity contribution in [3.63, 3.8) is 0 Å². The summed E-state index contributed by atoms with van der Waals surface area (Å²) in [7, 11) is 0. The Kier molecular flexibility index (Phi) is 4.55. The third-order valence-corrected chi connectivity index (χ3v) is 3.24. The number of hydrogen-bond acceptors (Lipinski definition) is 3. The van der Waals surface area contributed by atoms with Crippen molar-refractivity contribution in [1.82, 2.24) is 14.8 Å². The highest BCUT2D eigenvalue weighted by Gasteiger charge is 2.09. The number of nitrogens with zero attached hydrogens (tertiary/aromatic N) is 3. The SMILES string of the molecule is CCNc1nnc(CCc2ccc(C)cc2)n1CC. The van der Waals surface area contributed by atoms with Crippen LogP contribution in [-0.4, -0.2) is 21.3 Å². The second kappa shape index (κ2) is 6.36. The summed E-state index contributed by atoms with van der Waals surface area (Å²) in [4.78, 5) is 0. The predicted molar refractivity (Wildman–Crippen MR) is 78.4 cm³/mol. The molecule has 0 amide bonds. The van der Waals surface area contributed by atoms with E-state index in [1.807, 2.05) is 0 Å². The van der Waals surface area contributed by atoms with E-state index >= 15 is 0 Å². The molecule has 0 aliphatic carbocycles. The summed E-state index contributed by atoms with van der Waals surface area (Å²) in [5.74, 6) is 1.93. The lowest BCUT2D eigenvalue weighted by molar-refractivity contribution is 0.692. The minimum absolute atomic E-state index is 0.871. The fraction of sp³-hybridized carbons (Fsp3) is 0.467. The van der Waals surface area contributed by atoms with E-state index in [4.69, 9.17) is 0 Å². The van der Waals surface area contributed by atoms with Gasteiger partial charge >= 0.3 is 0 Å². The molecule has 1 N–H and O–H groups in total. The van der Waals surface area contributed by atoms with E-state index in [9.17, 15) is 0 Å². The zero-order valence-electron chi connectivity index (χ0n) is 12.0. The monoisotopic (exact) mass is 258 g/mol. The molecular weight excluding hydrogens is 236 g/mol. The molecule has 2 aromatic rings. The van der Waals surface area contributed by atoms with Crippen LogP contribution in [0, 0.1) is 6.92 Å². The lowest BCUT2D eigenvalue weighted by Crippen LogP contribution is -2.09. The molecule has 0 saturated carbocycles. The summed E-state index contributed by atoms with van der Waals surface area (Å²) < 4.78 is 2.15. The molecule has 0 atom stereocenters. The smallest absolute Gasteiger partial charge is 0.224 e. The number of nitrogens with one attached hydrogen (secondary N) is 1. The summed E-state index contributed by atoms with van der Waals surface area (Å²) in [5.41, 5.74) is 2.65. The fourth-order valence-corrected chi connectivity index (χ4v) is 2.15. The summed E-state index contributed by atoms with van der Waals surface area (Å²) >= 11 is 0. The third kappa shape index (κ3) is 3.34. The van der Waals surface area contributed by atoms with Crippen molar-refractivity contribution in [1.29, 1.82) is 0 Å². The molecule has 0 aliphatic heterocycles. The van der Waals surface area contributed by atoms with Crippen LogP contribution in [0.4, 0.5) is 5.95 Å². The van der Waals surface area contributed by atoms with Gasteiger partial charge in [-0.3, -0.25) is 4.57 Å². The molecule has 1 aromatic heterocycles. The minimum Gasteiger partial charge on any atom is -0.355 e. The Morgan fingerprint density at radius 1 is 1.05 bits per heavy atom. The standard InChI is InChI=1S/C15H22N4/c1-4-16-15-18-17-14(19(15)5-2)11-10-13-8-6-12(3)7-9-13/h6-9H,4-5,10-11H2,1-3H3,(H,16,18). The Morgan fingerprint density at radius 3 is 2.42 bits per heavy atom. The number of hydrogen-bond donors (Lipinski definition) is 1. The van der Waals surface area contributed by atoms with Crippen molar-refractivity contribution in [3.8, 4) is 0 Å². The highest BCUT2D eigenvalue weighted by atomic mass is 15.3. The first-order chi connectivity index (χ1) is 9.24. The van der Waals surface area contributed by atoms with Gasteiger partial charge in [0.15, 0.2) is 0 Å². The van der Waals surface area contributed by atoms with Gasteiger partial charge in [-0.1, -0.05) is 29.8 Å². The molecule has 1 aromatic carbocycles. The van der Waals surface area contributed by atoms with Crippen molar-refractivity contribution in [2.75, 3.05) is 11.9 Å². The van der Waals surface area contributed by atoms with Gasteiger partial charge in [0.25, 0.3) is 0 Å². The van der Waals surface area contributed by atoms with Gasteiger partial charge in [0.2, 0.25) is 5.95 Å². The third-order valence-electron chi connectivity index (χ3n) is 3.24. The van der Waals surface area contributed by atoms with Crippen molar-refractivity contribution in [2.24, 2.45) is 0 Å². The molecule has 102 valence electrons. The van der Waals surface area contributed by atoms with Gasteiger partial charge in [-0.15, -0.1) is 10.2 Å². The van der Waals surface area contributed by atoms with Crippen LogP contribution >= 0.6 is 0 Å². The second-order valence-corrected chi connectivity index (χ2v) is 4.70. The number of anilines is 1. The Bertz CT molecular complexity index is 513. The Labute approximate surface area is 114 Å². The molecule has 4 heteroatoms. The van der Waals surface area contributed by atoms with E-state index in [1.165, 1.54) is 11.1 Å². The van der Waals surface area contributed by atoms with E-state index in [-0.39, 0.29) is 0 Å². The molecule has 1 heterocycles. The summed E-state index contributed by atoms with van der Waals surface area (Å²) in [5, 5.41) is 11.7. The molecule has 0 aliphatic rings. The maximum absolute atomic E-state index is 4.29. The summed E-state index contributed by atoms with van der Waals surface area (Å²) in [6.07, 6.45) is 1.93. The van der Waals surface area contributed by atoms with E-state index < -0.39 is 0 Å². The molecule has 0 spiro atoms. The lowest BCUT2D eigenvalue weighted by atomic mass is 10.1. The number of aromatic nitrogens is 3. The maximum Gasteiger partial charge on any atom is 0.224 e.